The highest BCUT2D eigenvalue weighted by Crippen LogP contribution is 2.37. The Morgan fingerprint density at radius 2 is 2.18 bits per heavy atom. The molecule has 2 atom stereocenters. The Kier molecular flexibility index (Phi) is 4.60. The molecule has 1 heterocycles. The Morgan fingerprint density at radius 1 is 1.41 bits per heavy atom. The zero-order chi connectivity index (χ0) is 12.4. The van der Waals surface area contributed by atoms with Crippen LogP contribution >= 0.6 is 34.2 Å². The average Bonchev–Trinajstić information content (AvgIpc) is 2.71. The molecule has 0 N–H and O–H groups in total. The molecule has 1 aliphatic carbocycles. The number of rotatable bonds is 3. The maximum absolute atomic E-state index is 6.16. The van der Waals surface area contributed by atoms with Crippen molar-refractivity contribution in [2.24, 2.45) is 5.92 Å². The van der Waals surface area contributed by atoms with Crippen LogP contribution < -0.4 is 0 Å². The third-order valence-electron chi connectivity index (χ3n) is 3.24. The minimum absolute atomic E-state index is 0.468. The number of hydrogen-bond acceptors (Lipinski definition) is 3. The Labute approximate surface area is 120 Å². The van der Waals surface area contributed by atoms with Crippen LogP contribution in [0.15, 0.2) is 0 Å². The van der Waals surface area contributed by atoms with E-state index in [9.17, 15) is 0 Å². The highest BCUT2D eigenvalue weighted by Gasteiger charge is 2.26. The predicted molar refractivity (Wildman–Crippen MR) is 76.2 cm³/mol. The number of nitrogens with zero attached hydrogens (tertiary/aromatic N) is 2. The molecule has 1 fully saturated rings. The van der Waals surface area contributed by atoms with Crippen LogP contribution in [0, 0.1) is 9.49 Å². The fraction of sp³-hybridized carbons (Fsp3) is 0.667. The lowest BCUT2D eigenvalue weighted by Gasteiger charge is -2.12. The topological polar surface area (TPSA) is 35.0 Å². The van der Waals surface area contributed by atoms with Crippen molar-refractivity contribution in [1.82, 2.24) is 9.97 Å². The van der Waals surface area contributed by atoms with E-state index in [1.807, 2.05) is 0 Å². The molecule has 1 aliphatic rings. The van der Waals surface area contributed by atoms with Gasteiger partial charge in [0.1, 0.15) is 11.0 Å². The van der Waals surface area contributed by atoms with E-state index in [1.165, 1.54) is 19.3 Å². The Hall–Kier alpha value is 0.0600. The fourth-order valence-electron chi connectivity index (χ4n) is 2.34. The van der Waals surface area contributed by atoms with Crippen molar-refractivity contribution in [2.45, 2.75) is 38.7 Å². The molecule has 1 saturated carbocycles. The van der Waals surface area contributed by atoms with Crippen LogP contribution in [0.1, 0.15) is 43.6 Å². The summed E-state index contributed by atoms with van der Waals surface area (Å²) in [5.41, 5.74) is 0.905. The molecule has 0 aliphatic heterocycles. The molecular formula is C12H16ClIN2O. The van der Waals surface area contributed by atoms with E-state index < -0.39 is 0 Å². The molecule has 0 amide bonds. The zero-order valence-electron chi connectivity index (χ0n) is 10.0. The molecule has 5 heteroatoms. The summed E-state index contributed by atoms with van der Waals surface area (Å²) in [4.78, 5) is 9.03. The molecule has 1 aromatic heterocycles. The van der Waals surface area contributed by atoms with Gasteiger partial charge in [0.05, 0.1) is 15.9 Å². The zero-order valence-corrected chi connectivity index (χ0v) is 13.0. The summed E-state index contributed by atoms with van der Waals surface area (Å²) in [7, 11) is 1.67. The van der Waals surface area contributed by atoms with Crippen LogP contribution in [0.25, 0.3) is 0 Å². The fourth-order valence-corrected chi connectivity index (χ4v) is 2.93. The molecule has 0 saturated heterocycles. The second-order valence-corrected chi connectivity index (χ2v) is 6.12. The van der Waals surface area contributed by atoms with Gasteiger partial charge in [0.25, 0.3) is 0 Å². The van der Waals surface area contributed by atoms with Crippen LogP contribution in [0.5, 0.6) is 0 Å². The Balaban J connectivity index is 2.28. The van der Waals surface area contributed by atoms with Gasteiger partial charge in [0, 0.05) is 13.0 Å². The quantitative estimate of drug-likeness (QED) is 0.603. The minimum Gasteiger partial charge on any atom is -0.378 e. The smallest absolute Gasteiger partial charge is 0.146 e. The summed E-state index contributed by atoms with van der Waals surface area (Å²) in [6.07, 6.45) is 3.60. The maximum atomic E-state index is 6.16. The van der Waals surface area contributed by atoms with Crippen molar-refractivity contribution < 1.29 is 4.74 Å². The molecule has 0 radical (unpaired) electrons. The van der Waals surface area contributed by atoms with E-state index in [0.717, 1.165) is 21.0 Å². The lowest BCUT2D eigenvalue weighted by molar-refractivity contribution is 0.180. The second-order valence-electron chi connectivity index (χ2n) is 4.68. The summed E-state index contributed by atoms with van der Waals surface area (Å²) >= 11 is 8.33. The van der Waals surface area contributed by atoms with Crippen LogP contribution in [0.2, 0.25) is 5.15 Å². The van der Waals surface area contributed by atoms with Gasteiger partial charge in [-0.1, -0.05) is 18.5 Å². The van der Waals surface area contributed by atoms with E-state index in [4.69, 9.17) is 16.3 Å². The third kappa shape index (κ3) is 3.09. The summed E-state index contributed by atoms with van der Waals surface area (Å²) in [6.45, 7) is 2.78. The minimum atomic E-state index is 0.468. The van der Waals surface area contributed by atoms with Crippen molar-refractivity contribution in [3.8, 4) is 0 Å². The number of aromatic nitrogens is 2. The lowest BCUT2D eigenvalue weighted by atomic mass is 10.1. The van der Waals surface area contributed by atoms with Crippen LogP contribution in [0.4, 0.5) is 0 Å². The van der Waals surface area contributed by atoms with Crippen LogP contribution in [0.3, 0.4) is 0 Å². The first-order chi connectivity index (χ1) is 8.11. The predicted octanol–water partition coefficient (Wildman–Crippen LogP) is 3.78. The van der Waals surface area contributed by atoms with Crippen molar-refractivity contribution in [3.05, 3.63) is 20.2 Å². The molecule has 2 rings (SSSR count). The average molecular weight is 367 g/mol. The summed E-state index contributed by atoms with van der Waals surface area (Å²) in [5, 5.41) is 0.558. The Morgan fingerprint density at radius 3 is 2.76 bits per heavy atom. The van der Waals surface area contributed by atoms with Gasteiger partial charge < -0.3 is 4.74 Å². The molecule has 0 spiro atoms. The monoisotopic (exact) mass is 366 g/mol. The standard InChI is InChI=1S/C12H16ClIN2O/c1-7-3-4-8(5-7)12-15-9(6-17-2)10(14)11(13)16-12/h7-8H,3-6H2,1-2H3. The summed E-state index contributed by atoms with van der Waals surface area (Å²) in [5.74, 6) is 2.13. The highest BCUT2D eigenvalue weighted by molar-refractivity contribution is 14.1. The molecule has 17 heavy (non-hydrogen) atoms. The largest absolute Gasteiger partial charge is 0.378 e. The van der Waals surface area contributed by atoms with Gasteiger partial charge in [-0.2, -0.15) is 0 Å². The second kappa shape index (κ2) is 5.80. The van der Waals surface area contributed by atoms with Crippen LogP contribution in [-0.4, -0.2) is 17.1 Å². The van der Waals surface area contributed by atoms with Gasteiger partial charge >= 0.3 is 0 Å². The van der Waals surface area contributed by atoms with E-state index in [0.29, 0.717) is 17.7 Å². The SMILES string of the molecule is COCc1nc(C2CCC(C)C2)nc(Cl)c1I. The lowest BCUT2D eigenvalue weighted by Crippen LogP contribution is -2.07. The molecule has 3 nitrogen and oxygen atoms in total. The number of halogens is 2. The molecule has 1 aromatic rings. The van der Waals surface area contributed by atoms with E-state index >= 15 is 0 Å². The Bertz CT molecular complexity index is 414. The first-order valence-corrected chi connectivity index (χ1v) is 7.28. The van der Waals surface area contributed by atoms with Gasteiger partial charge in [0.15, 0.2) is 0 Å². The normalized spacial score (nSPS) is 24.2. The maximum Gasteiger partial charge on any atom is 0.146 e. The first kappa shape index (κ1) is 13.5. The molecule has 94 valence electrons. The summed E-state index contributed by atoms with van der Waals surface area (Å²) < 4.78 is 6.05. The van der Waals surface area contributed by atoms with Crippen molar-refractivity contribution in [1.29, 1.82) is 0 Å². The van der Waals surface area contributed by atoms with Gasteiger partial charge in [-0.05, 0) is 47.8 Å². The third-order valence-corrected chi connectivity index (χ3v) is 4.96. The van der Waals surface area contributed by atoms with Gasteiger partial charge in [-0.15, -0.1) is 0 Å². The molecule has 0 aromatic carbocycles. The molecule has 0 bridgehead atoms. The summed E-state index contributed by atoms with van der Waals surface area (Å²) in [6, 6.07) is 0. The van der Waals surface area contributed by atoms with E-state index in [-0.39, 0.29) is 0 Å². The molecule has 2 unspecified atom stereocenters. The molecular weight excluding hydrogens is 351 g/mol. The number of hydrogen-bond donors (Lipinski definition) is 0. The highest BCUT2D eigenvalue weighted by atomic mass is 127. The van der Waals surface area contributed by atoms with Gasteiger partial charge in [-0.3, -0.25) is 0 Å². The number of methoxy groups -OCH3 is 1. The van der Waals surface area contributed by atoms with Gasteiger partial charge in [0.2, 0.25) is 0 Å². The van der Waals surface area contributed by atoms with Crippen molar-refractivity contribution >= 4 is 34.2 Å². The van der Waals surface area contributed by atoms with E-state index in [1.54, 1.807) is 7.11 Å². The first-order valence-electron chi connectivity index (χ1n) is 5.82. The van der Waals surface area contributed by atoms with E-state index in [2.05, 4.69) is 39.5 Å². The van der Waals surface area contributed by atoms with Gasteiger partial charge in [-0.25, -0.2) is 9.97 Å². The van der Waals surface area contributed by atoms with Crippen LogP contribution in [-0.2, 0) is 11.3 Å². The van der Waals surface area contributed by atoms with Crippen molar-refractivity contribution in [2.75, 3.05) is 7.11 Å². The number of ether oxygens (including phenoxy) is 1. The van der Waals surface area contributed by atoms with Crippen molar-refractivity contribution in [3.63, 3.8) is 0 Å².